The SMILES string of the molecule is O=C(N[C@@H](Cc1cn(C(c2ccccc2)(c2ccccc2)c2ccccc2)c2ccccc12)C(=O)N1C(c2ccccc2)SC[C@H]1C(=O)O)OCc1ccccc1. The third-order valence-corrected chi connectivity index (χ3v) is 11.9. The quantitative estimate of drug-likeness (QED) is 0.120. The van der Waals surface area contributed by atoms with Crippen LogP contribution in [0.15, 0.2) is 182 Å². The Morgan fingerprint density at radius 2 is 1.21 bits per heavy atom. The standard InChI is InChI=1S/C48H41N3O5S/c52-44(51-43(46(53)54)33-57-45(51)35-20-8-2-9-21-35)41(49-47(55)56-32-34-18-6-1-7-19-34)30-36-31-50(42-29-17-16-28-40(36)42)48(37-22-10-3-11-23-37,38-24-12-4-13-25-38)39-26-14-5-15-27-39/h1-29,31,41,43,45H,30,32-33H2,(H,49,55)(H,53,54)/t41-,43-,45?/m0/s1. The molecule has 6 aromatic carbocycles. The van der Waals surface area contributed by atoms with Crippen LogP contribution in [0.5, 0.6) is 0 Å². The fraction of sp³-hybridized carbons (Fsp3) is 0.146. The normalized spacial score (nSPS) is 15.9. The number of benzene rings is 6. The molecule has 2 amide bonds. The predicted octanol–water partition coefficient (Wildman–Crippen LogP) is 9.05. The zero-order valence-electron chi connectivity index (χ0n) is 31.1. The van der Waals surface area contributed by atoms with Crippen molar-refractivity contribution in [3.05, 3.63) is 216 Å². The number of hydrogen-bond donors (Lipinski definition) is 2. The molecule has 0 spiro atoms. The number of carbonyl (C=O) groups is 3. The fourth-order valence-corrected chi connectivity index (χ4v) is 9.42. The predicted molar refractivity (Wildman–Crippen MR) is 224 cm³/mol. The first-order chi connectivity index (χ1) is 27.9. The summed E-state index contributed by atoms with van der Waals surface area (Å²) in [7, 11) is 0. The molecule has 0 saturated carbocycles. The number of nitrogens with one attached hydrogen (secondary N) is 1. The van der Waals surface area contributed by atoms with Gasteiger partial charge < -0.3 is 24.6 Å². The van der Waals surface area contributed by atoms with Crippen LogP contribution in [0.25, 0.3) is 10.9 Å². The number of thioether (sulfide) groups is 1. The number of aliphatic carboxylic acids is 1. The highest BCUT2D eigenvalue weighted by atomic mass is 32.2. The number of ether oxygens (including phenoxy) is 1. The number of carbonyl (C=O) groups excluding carboxylic acids is 2. The average molecular weight is 772 g/mol. The highest BCUT2D eigenvalue weighted by molar-refractivity contribution is 7.99. The van der Waals surface area contributed by atoms with Gasteiger partial charge >= 0.3 is 12.1 Å². The molecule has 9 heteroatoms. The number of aromatic nitrogens is 1. The van der Waals surface area contributed by atoms with Crippen molar-refractivity contribution in [2.45, 2.75) is 36.0 Å². The largest absolute Gasteiger partial charge is 0.480 e. The summed E-state index contributed by atoms with van der Waals surface area (Å²) >= 11 is 1.40. The van der Waals surface area contributed by atoms with Gasteiger partial charge in [-0.05, 0) is 39.4 Å². The maximum absolute atomic E-state index is 15.0. The van der Waals surface area contributed by atoms with Crippen molar-refractivity contribution >= 4 is 40.6 Å². The Bertz CT molecular complexity index is 2370. The summed E-state index contributed by atoms with van der Waals surface area (Å²) in [5, 5.41) is 13.6. The summed E-state index contributed by atoms with van der Waals surface area (Å²) < 4.78 is 7.94. The molecule has 3 atom stereocenters. The molecular formula is C48H41N3O5S. The van der Waals surface area contributed by atoms with Crippen molar-refractivity contribution in [3.8, 4) is 0 Å². The second-order valence-electron chi connectivity index (χ2n) is 14.0. The van der Waals surface area contributed by atoms with E-state index in [1.807, 2.05) is 133 Å². The lowest BCUT2D eigenvalue weighted by Crippen LogP contribution is -2.53. The number of hydrogen-bond acceptors (Lipinski definition) is 5. The lowest BCUT2D eigenvalue weighted by molar-refractivity contribution is -0.150. The topological polar surface area (TPSA) is 101 Å². The Morgan fingerprint density at radius 3 is 1.77 bits per heavy atom. The molecule has 2 N–H and O–H groups in total. The van der Waals surface area contributed by atoms with E-state index in [1.165, 1.54) is 16.7 Å². The van der Waals surface area contributed by atoms with Gasteiger partial charge in [-0.1, -0.05) is 170 Å². The number of alkyl carbamates (subject to hydrolysis) is 1. The summed E-state index contributed by atoms with van der Waals surface area (Å²) in [6.45, 7) is 0.00456. The molecule has 0 aliphatic carbocycles. The number of amides is 2. The second kappa shape index (κ2) is 16.6. The molecule has 284 valence electrons. The lowest BCUT2D eigenvalue weighted by Gasteiger charge is -2.38. The number of para-hydroxylation sites is 1. The second-order valence-corrected chi connectivity index (χ2v) is 15.1. The number of carboxylic acid groups (broad SMARTS) is 1. The van der Waals surface area contributed by atoms with E-state index in [9.17, 15) is 14.7 Å². The highest BCUT2D eigenvalue weighted by Gasteiger charge is 2.45. The maximum Gasteiger partial charge on any atom is 0.408 e. The minimum Gasteiger partial charge on any atom is -0.480 e. The van der Waals surface area contributed by atoms with E-state index in [4.69, 9.17) is 4.74 Å². The molecule has 1 unspecified atom stereocenters. The van der Waals surface area contributed by atoms with E-state index in [-0.39, 0.29) is 18.8 Å². The van der Waals surface area contributed by atoms with Gasteiger partial charge in [0.05, 0.1) is 0 Å². The molecule has 1 aromatic heterocycles. The first kappa shape index (κ1) is 37.3. The highest BCUT2D eigenvalue weighted by Crippen LogP contribution is 2.45. The van der Waals surface area contributed by atoms with Crippen LogP contribution in [-0.4, -0.2) is 50.4 Å². The first-order valence-electron chi connectivity index (χ1n) is 18.9. The Labute approximate surface area is 335 Å². The minimum atomic E-state index is -1.17. The molecule has 8 nitrogen and oxygen atoms in total. The Hall–Kier alpha value is -6.58. The van der Waals surface area contributed by atoms with Crippen LogP contribution in [0.4, 0.5) is 4.79 Å². The molecule has 1 fully saturated rings. The van der Waals surface area contributed by atoms with Gasteiger partial charge in [0.2, 0.25) is 5.91 Å². The van der Waals surface area contributed by atoms with Gasteiger partial charge in [-0.25, -0.2) is 9.59 Å². The van der Waals surface area contributed by atoms with Crippen molar-refractivity contribution in [2.24, 2.45) is 0 Å². The van der Waals surface area contributed by atoms with Crippen LogP contribution < -0.4 is 5.32 Å². The van der Waals surface area contributed by atoms with Crippen LogP contribution >= 0.6 is 11.8 Å². The fourth-order valence-electron chi connectivity index (χ4n) is 7.99. The summed E-state index contributed by atoms with van der Waals surface area (Å²) in [5.41, 5.74) is 5.58. The van der Waals surface area contributed by atoms with Crippen LogP contribution in [0, 0.1) is 0 Å². The number of carboxylic acids is 1. The van der Waals surface area contributed by atoms with E-state index < -0.39 is 41.0 Å². The van der Waals surface area contributed by atoms with Crippen LogP contribution in [0.1, 0.15) is 38.8 Å². The van der Waals surface area contributed by atoms with Gasteiger partial charge in [0.1, 0.15) is 29.6 Å². The van der Waals surface area contributed by atoms with Crippen molar-refractivity contribution in [3.63, 3.8) is 0 Å². The van der Waals surface area contributed by atoms with Gasteiger partial charge in [0, 0.05) is 29.3 Å². The van der Waals surface area contributed by atoms with Crippen molar-refractivity contribution in [1.82, 2.24) is 14.8 Å². The molecule has 8 rings (SSSR count). The third-order valence-electron chi connectivity index (χ3n) is 10.6. The number of rotatable bonds is 12. The zero-order chi connectivity index (χ0) is 39.2. The van der Waals surface area contributed by atoms with Crippen molar-refractivity contribution in [2.75, 3.05) is 5.75 Å². The molecule has 57 heavy (non-hydrogen) atoms. The van der Waals surface area contributed by atoms with E-state index in [1.54, 1.807) is 0 Å². The zero-order valence-corrected chi connectivity index (χ0v) is 31.9. The van der Waals surface area contributed by atoms with E-state index in [0.717, 1.165) is 44.3 Å². The van der Waals surface area contributed by atoms with Crippen molar-refractivity contribution < 1.29 is 24.2 Å². The van der Waals surface area contributed by atoms with E-state index in [2.05, 4.69) is 58.5 Å². The summed E-state index contributed by atoms with van der Waals surface area (Å²) in [5.74, 6) is -1.40. The molecule has 0 bridgehead atoms. The van der Waals surface area contributed by atoms with Crippen molar-refractivity contribution in [1.29, 1.82) is 0 Å². The molecule has 2 heterocycles. The number of nitrogens with zero attached hydrogens (tertiary/aromatic N) is 2. The maximum atomic E-state index is 15.0. The Balaban J connectivity index is 1.27. The molecule has 1 aliphatic heterocycles. The Morgan fingerprint density at radius 1 is 0.702 bits per heavy atom. The molecule has 1 aliphatic rings. The lowest BCUT2D eigenvalue weighted by atomic mass is 9.76. The van der Waals surface area contributed by atoms with Crippen LogP contribution in [-0.2, 0) is 32.9 Å². The summed E-state index contributed by atoms with van der Waals surface area (Å²) in [6, 6.07) is 55.6. The molecule has 1 saturated heterocycles. The first-order valence-corrected chi connectivity index (χ1v) is 19.9. The molecule has 7 aromatic rings. The van der Waals surface area contributed by atoms with Gasteiger partial charge in [-0.2, -0.15) is 0 Å². The monoisotopic (exact) mass is 771 g/mol. The smallest absolute Gasteiger partial charge is 0.408 e. The van der Waals surface area contributed by atoms with E-state index >= 15 is 4.79 Å². The van der Waals surface area contributed by atoms with Gasteiger partial charge in [-0.3, -0.25) is 4.79 Å². The number of fused-ring (bicyclic) bond motifs is 1. The average Bonchev–Trinajstić information content (AvgIpc) is 3.88. The van der Waals surface area contributed by atoms with Crippen LogP contribution in [0.3, 0.4) is 0 Å². The van der Waals surface area contributed by atoms with E-state index in [0.29, 0.717) is 0 Å². The molecular weight excluding hydrogens is 731 g/mol. The van der Waals surface area contributed by atoms with Gasteiger partial charge in [-0.15, -0.1) is 11.8 Å². The summed E-state index contributed by atoms with van der Waals surface area (Å²) in [6.07, 6.45) is 1.37. The van der Waals surface area contributed by atoms with Crippen LogP contribution in [0.2, 0.25) is 0 Å². The van der Waals surface area contributed by atoms with Gasteiger partial charge in [0.15, 0.2) is 0 Å². The molecule has 0 radical (unpaired) electrons. The van der Waals surface area contributed by atoms with Gasteiger partial charge in [0.25, 0.3) is 0 Å². The Kier molecular flexibility index (Phi) is 10.9. The third kappa shape index (κ3) is 7.42. The summed E-state index contributed by atoms with van der Waals surface area (Å²) in [4.78, 5) is 42.8. The minimum absolute atomic E-state index is 0.00456.